The number of Topliss-reactive ketones (excluding diaryl/α,β-unsaturated/α-hetero) is 1. The molecule has 2 aromatic rings. The van der Waals surface area contributed by atoms with Crippen LogP contribution in [-0.4, -0.2) is 54.1 Å². The fourth-order valence-electron chi connectivity index (χ4n) is 3.34. The van der Waals surface area contributed by atoms with E-state index in [9.17, 15) is 9.59 Å². The molecule has 0 saturated carbocycles. The number of pyridine rings is 1. The molecule has 1 heterocycles. The molecule has 0 spiro atoms. The van der Waals surface area contributed by atoms with Crippen molar-refractivity contribution in [2.24, 2.45) is 0 Å². The van der Waals surface area contributed by atoms with Crippen LogP contribution in [0.1, 0.15) is 56.0 Å². The van der Waals surface area contributed by atoms with E-state index in [1.165, 1.54) is 0 Å². The van der Waals surface area contributed by atoms with Crippen molar-refractivity contribution in [1.82, 2.24) is 21.2 Å². The summed E-state index contributed by atoms with van der Waals surface area (Å²) < 4.78 is 5.32. The van der Waals surface area contributed by atoms with Crippen molar-refractivity contribution in [2.45, 2.75) is 51.7 Å². The van der Waals surface area contributed by atoms with E-state index in [4.69, 9.17) is 4.74 Å². The van der Waals surface area contributed by atoms with Crippen LogP contribution in [0, 0.1) is 0 Å². The van der Waals surface area contributed by atoms with Crippen molar-refractivity contribution < 1.29 is 14.3 Å². The molecule has 7 nitrogen and oxygen atoms in total. The van der Waals surface area contributed by atoms with Crippen molar-refractivity contribution in [2.75, 3.05) is 25.6 Å². The maximum Gasteiger partial charge on any atom is 0.407 e. The number of nitrogens with zero attached hydrogens (tertiary/aromatic N) is 1. The van der Waals surface area contributed by atoms with Crippen LogP contribution in [0.15, 0.2) is 30.5 Å². The summed E-state index contributed by atoms with van der Waals surface area (Å²) in [7, 11) is 1.77. The average Bonchev–Trinajstić information content (AvgIpc) is 2.72. The van der Waals surface area contributed by atoms with E-state index in [1.54, 1.807) is 31.1 Å². The molecule has 31 heavy (non-hydrogen) atoms. The number of rotatable bonds is 10. The van der Waals surface area contributed by atoms with Gasteiger partial charge in [0.15, 0.2) is 5.78 Å². The van der Waals surface area contributed by atoms with Crippen LogP contribution in [0.2, 0.25) is 0 Å². The third-order valence-corrected chi connectivity index (χ3v) is 5.44. The van der Waals surface area contributed by atoms with Gasteiger partial charge in [0, 0.05) is 29.6 Å². The molecular formula is C23H34N4O3S. The van der Waals surface area contributed by atoms with E-state index in [2.05, 4.69) is 21.2 Å². The van der Waals surface area contributed by atoms with Crippen molar-refractivity contribution in [3.8, 4) is 0 Å². The fourth-order valence-corrected chi connectivity index (χ4v) is 3.81. The lowest BCUT2D eigenvalue weighted by atomic mass is 9.93. The number of ketones is 1. The Morgan fingerprint density at radius 3 is 2.61 bits per heavy atom. The van der Waals surface area contributed by atoms with Gasteiger partial charge < -0.3 is 10.1 Å². The largest absolute Gasteiger partial charge is 0.444 e. The smallest absolute Gasteiger partial charge is 0.407 e. The Morgan fingerprint density at radius 1 is 1.23 bits per heavy atom. The van der Waals surface area contributed by atoms with E-state index in [1.807, 2.05) is 52.1 Å². The third-order valence-electron chi connectivity index (χ3n) is 4.80. The van der Waals surface area contributed by atoms with Gasteiger partial charge in [-0.2, -0.15) is 11.8 Å². The highest BCUT2D eigenvalue weighted by molar-refractivity contribution is 7.98. The number of para-hydroxylation sites is 1. The van der Waals surface area contributed by atoms with Crippen LogP contribution in [0.3, 0.4) is 0 Å². The number of ether oxygens (including phenoxy) is 1. The molecule has 0 bridgehead atoms. The molecular weight excluding hydrogens is 412 g/mol. The van der Waals surface area contributed by atoms with E-state index in [0.717, 1.165) is 28.6 Å². The summed E-state index contributed by atoms with van der Waals surface area (Å²) in [6, 6.07) is 7.31. The quantitative estimate of drug-likeness (QED) is 0.377. The van der Waals surface area contributed by atoms with Crippen LogP contribution >= 0.6 is 11.8 Å². The average molecular weight is 447 g/mol. The lowest BCUT2D eigenvalue weighted by molar-refractivity contribution is 0.0525. The number of hydrogen-bond acceptors (Lipinski definition) is 7. The number of hydrogen-bond donors (Lipinski definition) is 3. The van der Waals surface area contributed by atoms with E-state index in [-0.39, 0.29) is 17.7 Å². The first-order chi connectivity index (χ1) is 14.7. The number of thioether (sulfide) groups is 1. The van der Waals surface area contributed by atoms with Gasteiger partial charge in [0.1, 0.15) is 5.60 Å². The summed E-state index contributed by atoms with van der Waals surface area (Å²) in [6.07, 6.45) is 3.98. The monoisotopic (exact) mass is 446 g/mol. The number of benzene rings is 1. The Labute approximate surface area is 189 Å². The van der Waals surface area contributed by atoms with Crippen molar-refractivity contribution >= 4 is 34.5 Å². The van der Waals surface area contributed by atoms with E-state index >= 15 is 0 Å². The Bertz CT molecular complexity index is 898. The van der Waals surface area contributed by atoms with Crippen molar-refractivity contribution in [1.29, 1.82) is 0 Å². The molecule has 0 aliphatic carbocycles. The molecule has 0 radical (unpaired) electrons. The maximum atomic E-state index is 13.3. The Morgan fingerprint density at radius 2 is 1.97 bits per heavy atom. The highest BCUT2D eigenvalue weighted by Crippen LogP contribution is 2.27. The Balaban J connectivity index is 2.27. The minimum Gasteiger partial charge on any atom is -0.444 e. The van der Waals surface area contributed by atoms with Gasteiger partial charge in [-0.15, -0.1) is 0 Å². The van der Waals surface area contributed by atoms with E-state index < -0.39 is 11.7 Å². The number of fused-ring (bicyclic) bond motifs is 1. The second kappa shape index (κ2) is 11.5. The number of nitrogens with one attached hydrogen (secondary N) is 3. The first-order valence-electron chi connectivity index (χ1n) is 10.5. The summed E-state index contributed by atoms with van der Waals surface area (Å²) in [5, 5.41) is 3.64. The molecule has 0 fully saturated rings. The van der Waals surface area contributed by atoms with Gasteiger partial charge in [0.25, 0.3) is 0 Å². The van der Waals surface area contributed by atoms with Crippen molar-refractivity contribution in [3.63, 3.8) is 0 Å². The summed E-state index contributed by atoms with van der Waals surface area (Å²) in [4.78, 5) is 29.8. The predicted octanol–water partition coefficient (Wildman–Crippen LogP) is 3.89. The molecule has 2 rings (SSSR count). The number of amides is 1. The lowest BCUT2D eigenvalue weighted by Crippen LogP contribution is -2.44. The summed E-state index contributed by atoms with van der Waals surface area (Å²) in [6.45, 7) is 7.92. The normalized spacial score (nSPS) is 13.6. The molecule has 8 heteroatoms. The molecule has 0 aliphatic rings. The van der Waals surface area contributed by atoms with Crippen LogP contribution in [0.4, 0.5) is 4.79 Å². The second-order valence-corrected chi connectivity index (χ2v) is 9.46. The topological polar surface area (TPSA) is 92.4 Å². The number of alkyl carbamates (subject to hydrolysis) is 1. The summed E-state index contributed by atoms with van der Waals surface area (Å²) in [5.74, 6) is 0.913. The molecule has 1 amide bonds. The molecule has 1 aromatic carbocycles. The van der Waals surface area contributed by atoms with Gasteiger partial charge in [-0.3, -0.25) is 15.2 Å². The first-order valence-corrected chi connectivity index (χ1v) is 11.9. The van der Waals surface area contributed by atoms with Crippen LogP contribution in [0.5, 0.6) is 0 Å². The van der Waals surface area contributed by atoms with Gasteiger partial charge in [-0.05, 0) is 57.9 Å². The number of carbonyl (C=O) groups is 2. The predicted molar refractivity (Wildman–Crippen MR) is 128 cm³/mol. The molecule has 2 unspecified atom stereocenters. The van der Waals surface area contributed by atoms with Crippen LogP contribution < -0.4 is 16.2 Å². The number of aromatic nitrogens is 1. The van der Waals surface area contributed by atoms with Crippen LogP contribution in [-0.2, 0) is 4.74 Å². The fraction of sp³-hybridized carbons (Fsp3) is 0.522. The molecule has 170 valence electrons. The zero-order chi connectivity index (χ0) is 23.0. The van der Waals surface area contributed by atoms with Crippen molar-refractivity contribution in [3.05, 3.63) is 41.6 Å². The molecule has 1 aromatic heterocycles. The van der Waals surface area contributed by atoms with Gasteiger partial charge in [0.2, 0.25) is 0 Å². The summed E-state index contributed by atoms with van der Waals surface area (Å²) in [5.41, 5.74) is 7.83. The molecule has 0 aliphatic heterocycles. The molecule has 0 saturated heterocycles. The zero-order valence-corrected chi connectivity index (χ0v) is 20.1. The number of hydrazine groups is 1. The second-order valence-electron chi connectivity index (χ2n) is 8.48. The maximum absolute atomic E-state index is 13.3. The standard InChI is InChI=1S/C23H34N4O3S/c1-15(14-26-22(29)30-23(2,3)4)16-8-7-9-17-18(10-12-25-20(16)17)21(28)19(27-24-5)11-13-31-6/h7-10,12,15,19,24,27H,11,13-14H2,1-6H3,(H,26,29). The SMILES string of the molecule is CNNC(CCSC)C(=O)c1ccnc2c(C(C)CNC(=O)OC(C)(C)C)cccc12. The van der Waals surface area contributed by atoms with Gasteiger partial charge in [-0.25, -0.2) is 10.2 Å². The Hall–Kier alpha value is -2.16. The number of carbonyl (C=O) groups excluding carboxylic acids is 2. The highest BCUT2D eigenvalue weighted by atomic mass is 32.2. The van der Waals surface area contributed by atoms with E-state index in [0.29, 0.717) is 12.1 Å². The van der Waals surface area contributed by atoms with Gasteiger partial charge in [-0.1, -0.05) is 25.1 Å². The van der Waals surface area contributed by atoms with Crippen LogP contribution in [0.25, 0.3) is 10.9 Å². The van der Waals surface area contributed by atoms with Gasteiger partial charge in [0.05, 0.1) is 11.6 Å². The highest BCUT2D eigenvalue weighted by Gasteiger charge is 2.23. The zero-order valence-electron chi connectivity index (χ0n) is 19.2. The lowest BCUT2D eigenvalue weighted by Gasteiger charge is -2.21. The Kier molecular flexibility index (Phi) is 9.28. The first kappa shape index (κ1) is 25.1. The van der Waals surface area contributed by atoms with Gasteiger partial charge >= 0.3 is 6.09 Å². The minimum absolute atomic E-state index is 0.00297. The third kappa shape index (κ3) is 7.19. The molecule has 2 atom stereocenters. The molecule has 3 N–H and O–H groups in total. The summed E-state index contributed by atoms with van der Waals surface area (Å²) >= 11 is 1.71. The minimum atomic E-state index is -0.544.